The van der Waals surface area contributed by atoms with Crippen molar-refractivity contribution in [1.82, 2.24) is 5.32 Å². The van der Waals surface area contributed by atoms with Crippen molar-refractivity contribution in [1.29, 1.82) is 0 Å². The number of hydrogen-bond donors (Lipinski definition) is 9. The number of rotatable bonds is 67. The van der Waals surface area contributed by atoms with E-state index in [4.69, 9.17) is 18.9 Å². The number of allylic oxidation sites excluding steroid dienone is 11. The van der Waals surface area contributed by atoms with Gasteiger partial charge in [-0.15, -0.1) is 0 Å². The minimum atomic E-state index is -1.80. The molecule has 96 heavy (non-hydrogen) atoms. The van der Waals surface area contributed by atoms with Gasteiger partial charge in [0.25, 0.3) is 0 Å². The minimum absolute atomic E-state index is 0.249. The summed E-state index contributed by atoms with van der Waals surface area (Å²) in [5.41, 5.74) is 0. The van der Waals surface area contributed by atoms with Gasteiger partial charge in [-0.05, 0) is 83.5 Å². The summed E-state index contributed by atoms with van der Waals surface area (Å²) in [5.74, 6) is -0.249. The molecule has 0 radical (unpaired) electrons. The predicted molar refractivity (Wildman–Crippen MR) is 397 cm³/mol. The van der Waals surface area contributed by atoms with Crippen LogP contribution in [-0.4, -0.2) is 140 Å². The van der Waals surface area contributed by atoms with Crippen LogP contribution in [0.15, 0.2) is 72.9 Å². The fraction of sp³-hybridized carbons (Fsp3) is 0.841. The molecule has 0 bridgehead atoms. The zero-order valence-electron chi connectivity index (χ0n) is 61.4. The van der Waals surface area contributed by atoms with E-state index in [2.05, 4.69) is 79.9 Å². The van der Waals surface area contributed by atoms with Crippen LogP contribution in [0.5, 0.6) is 0 Å². The van der Waals surface area contributed by atoms with Crippen molar-refractivity contribution in [3.05, 3.63) is 72.9 Å². The van der Waals surface area contributed by atoms with E-state index in [-0.39, 0.29) is 18.9 Å². The van der Waals surface area contributed by atoms with E-state index in [1.807, 2.05) is 6.08 Å². The van der Waals surface area contributed by atoms with E-state index >= 15 is 0 Å². The van der Waals surface area contributed by atoms with Gasteiger partial charge in [0.2, 0.25) is 5.91 Å². The molecule has 14 nitrogen and oxygen atoms in total. The lowest BCUT2D eigenvalue weighted by Crippen LogP contribution is -2.65. The van der Waals surface area contributed by atoms with E-state index in [1.165, 1.54) is 257 Å². The molecule has 12 atom stereocenters. The minimum Gasteiger partial charge on any atom is -0.394 e. The third-order valence-electron chi connectivity index (χ3n) is 19.3. The molecule has 0 aromatic heterocycles. The van der Waals surface area contributed by atoms with Crippen LogP contribution in [0.2, 0.25) is 0 Å². The lowest BCUT2D eigenvalue weighted by Gasteiger charge is -2.46. The summed E-state index contributed by atoms with van der Waals surface area (Å²) < 4.78 is 22.9. The predicted octanol–water partition coefficient (Wildman–Crippen LogP) is 18.1. The molecule has 2 aliphatic rings. The molecule has 2 aliphatic heterocycles. The molecule has 2 rings (SSSR count). The van der Waals surface area contributed by atoms with Gasteiger partial charge in [0, 0.05) is 6.42 Å². The summed E-state index contributed by atoms with van der Waals surface area (Å²) in [6.45, 7) is 2.81. The topological polar surface area (TPSA) is 228 Å². The summed E-state index contributed by atoms with van der Waals surface area (Å²) in [5, 5.41) is 87.6. The molecular weight excluding hydrogens is 1210 g/mol. The molecule has 0 saturated carbocycles. The Hall–Kier alpha value is -2.57. The smallest absolute Gasteiger partial charge is 0.220 e. The van der Waals surface area contributed by atoms with Crippen LogP contribution in [0.3, 0.4) is 0 Å². The average molecular weight is 1360 g/mol. The van der Waals surface area contributed by atoms with Crippen LogP contribution in [0.1, 0.15) is 348 Å². The molecule has 9 N–H and O–H groups in total. The third kappa shape index (κ3) is 48.3. The van der Waals surface area contributed by atoms with Gasteiger partial charge in [-0.2, -0.15) is 0 Å². The molecule has 0 aromatic carbocycles. The fourth-order valence-corrected chi connectivity index (χ4v) is 13.0. The molecule has 12 unspecified atom stereocenters. The van der Waals surface area contributed by atoms with Crippen LogP contribution in [0, 0.1) is 0 Å². The summed E-state index contributed by atoms with van der Waals surface area (Å²) in [6.07, 6.45) is 74.2. The summed E-state index contributed by atoms with van der Waals surface area (Å²) >= 11 is 0. The molecule has 1 amide bonds. The number of aliphatic hydroxyl groups is 8. The number of carbonyl (C=O) groups excluding carboxylic acids is 1. The lowest BCUT2D eigenvalue weighted by molar-refractivity contribution is -0.359. The SMILES string of the molecule is CCCCCCC/C=C\C/C=C\C/C=C\CCCCCCCCCCCCCCCCCCCCCCC(=O)NC(COC1OC(CO)C(OC2OC(CO)C(O)C(O)C2O)C(O)C1O)C(O)/C=C/CC/C=C/CC/C=C/CCCCCCCCCCCCCCCCCCC. The maximum atomic E-state index is 13.4. The summed E-state index contributed by atoms with van der Waals surface area (Å²) in [4.78, 5) is 13.4. The summed E-state index contributed by atoms with van der Waals surface area (Å²) in [6, 6.07) is -0.942. The van der Waals surface area contributed by atoms with Crippen molar-refractivity contribution in [3.63, 3.8) is 0 Å². The highest BCUT2D eigenvalue weighted by Crippen LogP contribution is 2.30. The third-order valence-corrected chi connectivity index (χ3v) is 19.3. The van der Waals surface area contributed by atoms with E-state index < -0.39 is 86.8 Å². The summed E-state index contributed by atoms with van der Waals surface area (Å²) in [7, 11) is 0. The van der Waals surface area contributed by atoms with Gasteiger partial charge >= 0.3 is 0 Å². The zero-order valence-corrected chi connectivity index (χ0v) is 61.4. The monoisotopic (exact) mass is 1360 g/mol. The van der Waals surface area contributed by atoms with Crippen LogP contribution >= 0.6 is 0 Å². The second-order valence-corrected chi connectivity index (χ2v) is 28.2. The van der Waals surface area contributed by atoms with E-state index in [9.17, 15) is 45.6 Å². The number of carbonyl (C=O) groups is 1. The number of nitrogens with one attached hydrogen (secondary N) is 1. The van der Waals surface area contributed by atoms with Gasteiger partial charge in [0.1, 0.15) is 48.8 Å². The van der Waals surface area contributed by atoms with Crippen LogP contribution in [0.25, 0.3) is 0 Å². The van der Waals surface area contributed by atoms with Gasteiger partial charge in [-0.25, -0.2) is 0 Å². The highest BCUT2D eigenvalue weighted by molar-refractivity contribution is 5.76. The Morgan fingerprint density at radius 2 is 0.698 bits per heavy atom. The van der Waals surface area contributed by atoms with E-state index in [0.717, 1.165) is 57.8 Å². The standard InChI is InChI=1S/C82H149NO13/c1-3-5-7-9-11-13-15-17-19-21-23-25-27-29-31-32-33-34-35-36-37-38-40-42-44-46-48-50-52-54-56-58-60-62-64-66-74(87)83-70(69-93-81-79(92)77(90)80(73(68-85)95-81)96-82-78(91)76(89)75(88)72(67-84)94-82)71(86)65-63-61-59-57-55-53-51-49-47-45-43-41-39-30-28-26-24-22-20-18-16-14-12-10-8-6-4-2/h15,17,21,23,27,29,47,49,55,57,63,65,70-73,75-82,84-86,88-92H,3-14,16,18-20,22,24-26,28,30-46,48,50-54,56,58-62,64,66-69H2,1-2H3,(H,83,87)/b17-15-,23-21-,29-27-,49-47+,57-55+,65-63+. The average Bonchev–Trinajstić information content (AvgIpc) is 0.797. The number of aliphatic hydroxyl groups excluding tert-OH is 8. The van der Waals surface area contributed by atoms with Crippen molar-refractivity contribution >= 4 is 5.91 Å². The van der Waals surface area contributed by atoms with Gasteiger partial charge in [0.15, 0.2) is 12.6 Å². The highest BCUT2D eigenvalue weighted by atomic mass is 16.7. The zero-order chi connectivity index (χ0) is 69.4. The maximum Gasteiger partial charge on any atom is 0.220 e. The van der Waals surface area contributed by atoms with Gasteiger partial charge in [0.05, 0.1) is 32.0 Å². The normalized spacial score (nSPS) is 22.6. The lowest BCUT2D eigenvalue weighted by atomic mass is 9.97. The first-order valence-electron chi connectivity index (χ1n) is 40.2. The van der Waals surface area contributed by atoms with E-state index in [1.54, 1.807) is 6.08 Å². The Morgan fingerprint density at radius 1 is 0.375 bits per heavy atom. The van der Waals surface area contributed by atoms with Gasteiger partial charge in [-0.1, -0.05) is 331 Å². The van der Waals surface area contributed by atoms with E-state index in [0.29, 0.717) is 12.8 Å². The molecule has 0 aliphatic carbocycles. The molecular formula is C82H149NO13. The second kappa shape index (κ2) is 65.7. The van der Waals surface area contributed by atoms with Gasteiger partial charge < -0.3 is 65.1 Å². The fourth-order valence-electron chi connectivity index (χ4n) is 13.0. The molecule has 14 heteroatoms. The highest BCUT2D eigenvalue weighted by Gasteiger charge is 2.51. The molecule has 2 fully saturated rings. The van der Waals surface area contributed by atoms with Crippen molar-refractivity contribution < 1.29 is 64.6 Å². The van der Waals surface area contributed by atoms with Crippen molar-refractivity contribution in [3.8, 4) is 0 Å². The Bertz CT molecular complexity index is 1890. The Kier molecular flexibility index (Phi) is 61.3. The maximum absolute atomic E-state index is 13.4. The van der Waals surface area contributed by atoms with Gasteiger partial charge in [-0.3, -0.25) is 4.79 Å². The van der Waals surface area contributed by atoms with Crippen molar-refractivity contribution in [2.75, 3.05) is 19.8 Å². The second-order valence-electron chi connectivity index (χ2n) is 28.2. The quantitative estimate of drug-likeness (QED) is 0.0204. The molecule has 2 saturated heterocycles. The number of ether oxygens (including phenoxy) is 4. The van der Waals surface area contributed by atoms with Crippen LogP contribution in [-0.2, 0) is 23.7 Å². The van der Waals surface area contributed by atoms with Crippen LogP contribution in [0.4, 0.5) is 0 Å². The number of amides is 1. The van der Waals surface area contributed by atoms with Crippen molar-refractivity contribution in [2.24, 2.45) is 0 Å². The number of unbranched alkanes of at least 4 members (excludes halogenated alkanes) is 44. The van der Waals surface area contributed by atoms with Crippen LogP contribution < -0.4 is 5.32 Å². The molecule has 0 spiro atoms. The number of hydrogen-bond acceptors (Lipinski definition) is 13. The molecule has 560 valence electrons. The first-order chi connectivity index (χ1) is 47.1. The van der Waals surface area contributed by atoms with Crippen molar-refractivity contribution in [2.45, 2.75) is 421 Å². The Balaban J connectivity index is 1.63. The first-order valence-corrected chi connectivity index (χ1v) is 40.2. The molecule has 0 aromatic rings. The Labute approximate surface area is 587 Å². The Morgan fingerprint density at radius 3 is 1.09 bits per heavy atom. The molecule has 2 heterocycles. The first kappa shape index (κ1) is 89.5. The largest absolute Gasteiger partial charge is 0.394 e.